The number of carbonyl (C=O) groups is 1. The molecule has 8 heteroatoms. The van der Waals surface area contributed by atoms with Gasteiger partial charge in [0.15, 0.2) is 0 Å². The first kappa shape index (κ1) is 18.2. The number of unbranched alkanes of at least 4 members (excludes halogenated alkanes) is 1. The van der Waals surface area contributed by atoms with Gasteiger partial charge >= 0.3 is 0 Å². The minimum atomic E-state index is -4.05. The Kier molecular flexibility index (Phi) is 6.46. The van der Waals surface area contributed by atoms with E-state index in [1.54, 1.807) is 0 Å². The summed E-state index contributed by atoms with van der Waals surface area (Å²) in [7, 11) is -4.05. The Morgan fingerprint density at radius 1 is 1.38 bits per heavy atom. The summed E-state index contributed by atoms with van der Waals surface area (Å²) in [6, 6.07) is 2.39. The van der Waals surface area contributed by atoms with E-state index in [4.69, 9.17) is 28.3 Å². The molecule has 0 saturated heterocycles. The molecule has 1 atom stereocenters. The number of nitrogens with one attached hydrogen (secondary N) is 1. The zero-order valence-corrected chi connectivity index (χ0v) is 14.1. The van der Waals surface area contributed by atoms with Crippen molar-refractivity contribution in [2.45, 2.75) is 44.0 Å². The molecule has 0 radical (unpaired) electrons. The number of hydrogen-bond donors (Lipinski definition) is 2. The van der Waals surface area contributed by atoms with Crippen LogP contribution in [0.25, 0.3) is 0 Å². The summed E-state index contributed by atoms with van der Waals surface area (Å²) in [5, 5.41) is 7.68. The average molecular weight is 353 g/mol. The molecule has 1 amide bonds. The summed E-state index contributed by atoms with van der Waals surface area (Å²) in [6.45, 7) is 3.92. The van der Waals surface area contributed by atoms with Crippen LogP contribution in [0.3, 0.4) is 0 Å². The van der Waals surface area contributed by atoms with Crippen molar-refractivity contribution in [2.24, 2.45) is 5.14 Å². The number of halogens is 2. The van der Waals surface area contributed by atoms with Gasteiger partial charge < -0.3 is 5.32 Å². The maximum absolute atomic E-state index is 12.2. The third-order valence-electron chi connectivity index (χ3n) is 2.92. The molecule has 0 aliphatic heterocycles. The first-order valence-corrected chi connectivity index (χ1v) is 8.79. The van der Waals surface area contributed by atoms with E-state index in [1.807, 2.05) is 6.92 Å². The number of amides is 1. The van der Waals surface area contributed by atoms with Crippen molar-refractivity contribution in [3.05, 3.63) is 27.7 Å². The molecule has 5 nitrogen and oxygen atoms in total. The lowest BCUT2D eigenvalue weighted by atomic mass is 10.1. The first-order chi connectivity index (χ1) is 9.66. The minimum absolute atomic E-state index is 0.00320. The van der Waals surface area contributed by atoms with E-state index >= 15 is 0 Å². The standard InChI is InChI=1S/C13H18Cl2N2O3S/c1-3-4-5-8(2)17-13(18)10-6-9(14)7-11(12(10)15)21(16,19)20/h6-8H,3-5H2,1-2H3,(H,17,18)(H2,16,19,20). The summed E-state index contributed by atoms with van der Waals surface area (Å²) >= 11 is 11.8. The lowest BCUT2D eigenvalue weighted by Crippen LogP contribution is -2.33. The number of carbonyl (C=O) groups excluding carboxylic acids is 1. The van der Waals surface area contributed by atoms with Crippen molar-refractivity contribution in [2.75, 3.05) is 0 Å². The smallest absolute Gasteiger partial charge is 0.253 e. The lowest BCUT2D eigenvalue weighted by Gasteiger charge is -2.15. The number of benzene rings is 1. The maximum atomic E-state index is 12.2. The zero-order valence-electron chi connectivity index (χ0n) is 11.8. The van der Waals surface area contributed by atoms with E-state index in [0.29, 0.717) is 0 Å². The molecular formula is C13H18Cl2N2O3S. The number of hydrogen-bond acceptors (Lipinski definition) is 3. The summed E-state index contributed by atoms with van der Waals surface area (Å²) in [5.41, 5.74) is -0.00320. The van der Waals surface area contributed by atoms with Crippen LogP contribution >= 0.6 is 23.2 Å². The molecule has 3 N–H and O–H groups in total. The molecule has 1 rings (SSSR count). The van der Waals surface area contributed by atoms with Crippen molar-refractivity contribution in [1.82, 2.24) is 5.32 Å². The van der Waals surface area contributed by atoms with Gasteiger partial charge in [0.1, 0.15) is 4.90 Å². The molecule has 1 aromatic rings. The fraction of sp³-hybridized carbons (Fsp3) is 0.462. The molecule has 21 heavy (non-hydrogen) atoms. The Hall–Kier alpha value is -0.820. The molecule has 0 aromatic heterocycles. The van der Waals surface area contributed by atoms with Crippen molar-refractivity contribution < 1.29 is 13.2 Å². The van der Waals surface area contributed by atoms with E-state index in [1.165, 1.54) is 6.07 Å². The molecule has 0 bridgehead atoms. The maximum Gasteiger partial charge on any atom is 0.253 e. The Morgan fingerprint density at radius 3 is 2.52 bits per heavy atom. The van der Waals surface area contributed by atoms with E-state index < -0.39 is 15.9 Å². The molecule has 118 valence electrons. The van der Waals surface area contributed by atoms with E-state index in [0.717, 1.165) is 25.3 Å². The van der Waals surface area contributed by atoms with Gasteiger partial charge in [-0.2, -0.15) is 0 Å². The molecular weight excluding hydrogens is 335 g/mol. The second kappa shape index (κ2) is 7.45. The number of primary sulfonamides is 1. The minimum Gasteiger partial charge on any atom is -0.350 e. The lowest BCUT2D eigenvalue weighted by molar-refractivity contribution is 0.0938. The normalized spacial score (nSPS) is 13.0. The molecule has 0 aliphatic rings. The van der Waals surface area contributed by atoms with Gasteiger partial charge in [0.05, 0.1) is 10.6 Å². The predicted octanol–water partition coefficient (Wildman–Crippen LogP) is 2.95. The van der Waals surface area contributed by atoms with Gasteiger partial charge in [0.2, 0.25) is 10.0 Å². The van der Waals surface area contributed by atoms with Gasteiger partial charge in [0.25, 0.3) is 5.91 Å². The quantitative estimate of drug-likeness (QED) is 0.824. The van der Waals surface area contributed by atoms with Gasteiger partial charge in [0, 0.05) is 11.1 Å². The summed E-state index contributed by atoms with van der Waals surface area (Å²) in [4.78, 5) is 11.8. The monoisotopic (exact) mass is 352 g/mol. The van der Waals surface area contributed by atoms with Crippen LogP contribution in [0.15, 0.2) is 17.0 Å². The van der Waals surface area contributed by atoms with Crippen LogP contribution in [0, 0.1) is 0 Å². The Balaban J connectivity index is 3.08. The fourth-order valence-corrected chi connectivity index (χ4v) is 3.27. The molecule has 0 saturated carbocycles. The fourth-order valence-electron chi connectivity index (χ4n) is 1.82. The van der Waals surface area contributed by atoms with Crippen LogP contribution in [0.5, 0.6) is 0 Å². The second-order valence-corrected chi connectivity index (χ2v) is 7.17. The number of nitrogens with two attached hydrogens (primary N) is 1. The highest BCUT2D eigenvalue weighted by Gasteiger charge is 2.22. The first-order valence-electron chi connectivity index (χ1n) is 6.49. The van der Waals surface area contributed by atoms with E-state index in [-0.39, 0.29) is 26.5 Å². The van der Waals surface area contributed by atoms with Gasteiger partial charge in [-0.15, -0.1) is 0 Å². The second-order valence-electron chi connectivity index (χ2n) is 4.83. The van der Waals surface area contributed by atoms with Crippen LogP contribution < -0.4 is 10.5 Å². The van der Waals surface area contributed by atoms with Crippen LogP contribution in [-0.2, 0) is 10.0 Å². The average Bonchev–Trinajstić information content (AvgIpc) is 2.37. The molecule has 0 aliphatic carbocycles. The number of sulfonamides is 1. The Labute approximate surface area is 134 Å². The van der Waals surface area contributed by atoms with Crippen LogP contribution in [-0.4, -0.2) is 20.4 Å². The summed E-state index contributed by atoms with van der Waals surface area (Å²) in [5.74, 6) is -0.476. The van der Waals surface area contributed by atoms with Crippen LogP contribution in [0.2, 0.25) is 10.0 Å². The van der Waals surface area contributed by atoms with Crippen LogP contribution in [0.1, 0.15) is 43.5 Å². The van der Waals surface area contributed by atoms with Crippen molar-refractivity contribution in [3.63, 3.8) is 0 Å². The van der Waals surface area contributed by atoms with Gasteiger partial charge in [-0.05, 0) is 25.5 Å². The SMILES string of the molecule is CCCCC(C)NC(=O)c1cc(Cl)cc(S(N)(=O)=O)c1Cl. The van der Waals surface area contributed by atoms with Crippen molar-refractivity contribution >= 4 is 39.1 Å². The summed E-state index contributed by atoms with van der Waals surface area (Å²) < 4.78 is 22.9. The van der Waals surface area contributed by atoms with Gasteiger partial charge in [-0.25, -0.2) is 13.6 Å². The molecule has 1 aromatic carbocycles. The number of rotatable bonds is 6. The third-order valence-corrected chi connectivity index (χ3v) is 4.60. The van der Waals surface area contributed by atoms with Gasteiger partial charge in [-0.3, -0.25) is 4.79 Å². The highest BCUT2D eigenvalue weighted by atomic mass is 35.5. The third kappa shape index (κ3) is 5.14. The van der Waals surface area contributed by atoms with Crippen molar-refractivity contribution in [3.8, 4) is 0 Å². The highest BCUT2D eigenvalue weighted by Crippen LogP contribution is 2.28. The zero-order chi connectivity index (χ0) is 16.2. The predicted molar refractivity (Wildman–Crippen MR) is 84.3 cm³/mol. The highest BCUT2D eigenvalue weighted by molar-refractivity contribution is 7.89. The van der Waals surface area contributed by atoms with Gasteiger partial charge in [-0.1, -0.05) is 43.0 Å². The molecule has 0 spiro atoms. The van der Waals surface area contributed by atoms with Crippen LogP contribution in [0.4, 0.5) is 0 Å². The van der Waals surface area contributed by atoms with E-state index in [2.05, 4.69) is 12.2 Å². The van der Waals surface area contributed by atoms with Crippen molar-refractivity contribution in [1.29, 1.82) is 0 Å². The largest absolute Gasteiger partial charge is 0.350 e. The Morgan fingerprint density at radius 2 is 2.00 bits per heavy atom. The topological polar surface area (TPSA) is 89.3 Å². The molecule has 0 fully saturated rings. The molecule has 0 heterocycles. The molecule has 1 unspecified atom stereocenters. The summed E-state index contributed by atoms with van der Waals surface area (Å²) in [6.07, 6.45) is 2.82. The Bertz CT molecular complexity index is 633. The van der Waals surface area contributed by atoms with E-state index in [9.17, 15) is 13.2 Å².